The van der Waals surface area contributed by atoms with E-state index in [9.17, 15) is 9.90 Å². The first-order chi connectivity index (χ1) is 5.93. The maximum atomic E-state index is 11.7. The summed E-state index contributed by atoms with van der Waals surface area (Å²) >= 11 is 0. The molecule has 0 aromatic rings. The highest BCUT2D eigenvalue weighted by molar-refractivity contribution is 5.84. The highest BCUT2D eigenvalue weighted by Gasteiger charge is 2.32. The van der Waals surface area contributed by atoms with Gasteiger partial charge in [-0.25, -0.2) is 0 Å². The summed E-state index contributed by atoms with van der Waals surface area (Å²) in [6, 6.07) is 0.174. The summed E-state index contributed by atoms with van der Waals surface area (Å²) in [5.74, 6) is -0.179. The lowest BCUT2D eigenvalue weighted by molar-refractivity contribution is -0.150. The monoisotopic (exact) mass is 186 g/mol. The molecule has 0 radical (unpaired) electrons. The topological polar surface area (TPSA) is 52.6 Å². The molecule has 1 fully saturated rings. The van der Waals surface area contributed by atoms with Gasteiger partial charge in [0.25, 0.3) is 5.91 Å². The quantitative estimate of drug-likeness (QED) is 0.584. The Morgan fingerprint density at radius 2 is 2.23 bits per heavy atom. The molecule has 1 atom stereocenters. The van der Waals surface area contributed by atoms with Crippen molar-refractivity contribution in [1.82, 2.24) is 10.2 Å². The van der Waals surface area contributed by atoms with E-state index in [0.717, 1.165) is 13.1 Å². The van der Waals surface area contributed by atoms with Crippen molar-refractivity contribution >= 4 is 5.91 Å². The van der Waals surface area contributed by atoms with Gasteiger partial charge in [0.2, 0.25) is 0 Å². The van der Waals surface area contributed by atoms with Crippen molar-refractivity contribution in [1.29, 1.82) is 0 Å². The summed E-state index contributed by atoms with van der Waals surface area (Å²) in [4.78, 5) is 13.4. The lowest BCUT2D eigenvalue weighted by atomic mass is 10.1. The summed E-state index contributed by atoms with van der Waals surface area (Å²) in [6.07, 6.45) is 0. The van der Waals surface area contributed by atoms with Crippen LogP contribution >= 0.6 is 0 Å². The first kappa shape index (κ1) is 10.5. The minimum atomic E-state index is -1.24. The molecule has 0 aromatic carbocycles. The molecule has 1 amide bonds. The van der Waals surface area contributed by atoms with Crippen molar-refractivity contribution in [3.8, 4) is 0 Å². The van der Waals surface area contributed by atoms with Gasteiger partial charge in [0.15, 0.2) is 0 Å². The first-order valence-electron chi connectivity index (χ1n) is 4.67. The molecule has 0 aliphatic carbocycles. The predicted molar refractivity (Wildman–Crippen MR) is 50.3 cm³/mol. The minimum Gasteiger partial charge on any atom is -0.381 e. The second-order valence-corrected chi connectivity index (χ2v) is 4.11. The fourth-order valence-electron chi connectivity index (χ4n) is 1.49. The smallest absolute Gasteiger partial charge is 0.254 e. The number of carbonyl (C=O) groups excluding carboxylic acids is 1. The van der Waals surface area contributed by atoms with Gasteiger partial charge in [-0.1, -0.05) is 0 Å². The normalized spacial score (nSPS) is 24.6. The molecule has 0 aromatic heterocycles. The van der Waals surface area contributed by atoms with Crippen LogP contribution in [0.4, 0.5) is 0 Å². The average Bonchev–Trinajstić information content (AvgIpc) is 2.02. The molecular weight excluding hydrogens is 168 g/mol. The molecule has 4 heteroatoms. The molecule has 0 spiro atoms. The van der Waals surface area contributed by atoms with Crippen molar-refractivity contribution in [3.05, 3.63) is 0 Å². The highest BCUT2D eigenvalue weighted by atomic mass is 16.3. The number of nitrogens with zero attached hydrogens (tertiary/aromatic N) is 1. The van der Waals surface area contributed by atoms with E-state index in [0.29, 0.717) is 6.54 Å². The van der Waals surface area contributed by atoms with Crippen molar-refractivity contribution < 1.29 is 9.90 Å². The van der Waals surface area contributed by atoms with Gasteiger partial charge in [0.05, 0.1) is 0 Å². The van der Waals surface area contributed by atoms with Crippen LogP contribution in [-0.4, -0.2) is 47.2 Å². The van der Waals surface area contributed by atoms with Crippen LogP contribution in [0.3, 0.4) is 0 Å². The Morgan fingerprint density at radius 1 is 1.62 bits per heavy atom. The van der Waals surface area contributed by atoms with Crippen LogP contribution in [0.5, 0.6) is 0 Å². The van der Waals surface area contributed by atoms with Gasteiger partial charge in [0, 0.05) is 25.7 Å². The summed E-state index contributed by atoms with van der Waals surface area (Å²) in [5.41, 5.74) is -1.24. The van der Waals surface area contributed by atoms with Gasteiger partial charge >= 0.3 is 0 Å². The molecule has 13 heavy (non-hydrogen) atoms. The summed E-state index contributed by atoms with van der Waals surface area (Å²) in [7, 11) is 0. The van der Waals surface area contributed by atoms with E-state index in [2.05, 4.69) is 5.32 Å². The van der Waals surface area contributed by atoms with Crippen LogP contribution in [0.2, 0.25) is 0 Å². The number of rotatable bonds is 1. The number of amides is 1. The number of hydrogen-bond acceptors (Lipinski definition) is 3. The average molecular weight is 186 g/mol. The first-order valence-corrected chi connectivity index (χ1v) is 4.67. The lowest BCUT2D eigenvalue weighted by Gasteiger charge is -2.37. The van der Waals surface area contributed by atoms with Gasteiger partial charge in [-0.15, -0.1) is 0 Å². The van der Waals surface area contributed by atoms with Gasteiger partial charge < -0.3 is 15.3 Å². The van der Waals surface area contributed by atoms with Crippen molar-refractivity contribution in [2.45, 2.75) is 32.4 Å². The second-order valence-electron chi connectivity index (χ2n) is 4.11. The lowest BCUT2D eigenvalue weighted by Crippen LogP contribution is -2.57. The SMILES string of the molecule is CC1CNCCN1C(=O)C(C)(C)O. The molecule has 2 N–H and O–H groups in total. The molecular formula is C9H18N2O2. The number of piperazine rings is 1. The zero-order valence-electron chi connectivity index (χ0n) is 8.50. The Labute approximate surface area is 78.9 Å². The van der Waals surface area contributed by atoms with E-state index >= 15 is 0 Å². The molecule has 4 nitrogen and oxygen atoms in total. The van der Waals surface area contributed by atoms with E-state index in [1.165, 1.54) is 13.8 Å². The molecule has 0 bridgehead atoms. The van der Waals surface area contributed by atoms with Crippen LogP contribution in [0.15, 0.2) is 0 Å². The maximum absolute atomic E-state index is 11.7. The van der Waals surface area contributed by atoms with Crippen LogP contribution in [0.25, 0.3) is 0 Å². The maximum Gasteiger partial charge on any atom is 0.254 e. The van der Waals surface area contributed by atoms with Gasteiger partial charge in [0.1, 0.15) is 5.60 Å². The molecule has 1 saturated heterocycles. The third-order valence-corrected chi connectivity index (χ3v) is 2.29. The van der Waals surface area contributed by atoms with E-state index in [4.69, 9.17) is 0 Å². The standard InChI is InChI=1S/C9H18N2O2/c1-7-6-10-4-5-11(7)8(12)9(2,3)13/h7,10,13H,4-6H2,1-3H3. The predicted octanol–water partition coefficient (Wildman–Crippen LogP) is -0.422. The number of nitrogens with one attached hydrogen (secondary N) is 1. The van der Waals surface area contributed by atoms with E-state index in [1.54, 1.807) is 4.90 Å². The van der Waals surface area contributed by atoms with Crippen LogP contribution in [-0.2, 0) is 4.79 Å². The van der Waals surface area contributed by atoms with Crippen molar-refractivity contribution in [3.63, 3.8) is 0 Å². The van der Waals surface area contributed by atoms with Crippen LogP contribution in [0.1, 0.15) is 20.8 Å². The Hall–Kier alpha value is -0.610. The fraction of sp³-hybridized carbons (Fsp3) is 0.889. The van der Waals surface area contributed by atoms with Gasteiger partial charge in [-0.05, 0) is 20.8 Å². The minimum absolute atomic E-state index is 0.174. The highest BCUT2D eigenvalue weighted by Crippen LogP contribution is 2.11. The largest absolute Gasteiger partial charge is 0.381 e. The van der Waals surface area contributed by atoms with Crippen molar-refractivity contribution in [2.24, 2.45) is 0 Å². The van der Waals surface area contributed by atoms with E-state index in [1.807, 2.05) is 6.92 Å². The van der Waals surface area contributed by atoms with Crippen LogP contribution in [0, 0.1) is 0 Å². The molecule has 1 aliphatic heterocycles. The zero-order chi connectivity index (χ0) is 10.1. The Bertz CT molecular complexity index is 198. The van der Waals surface area contributed by atoms with E-state index < -0.39 is 5.60 Å². The molecule has 1 heterocycles. The summed E-state index contributed by atoms with van der Waals surface area (Å²) in [6.45, 7) is 7.35. The third kappa shape index (κ3) is 2.42. The summed E-state index contributed by atoms with van der Waals surface area (Å²) < 4.78 is 0. The number of hydrogen-bond donors (Lipinski definition) is 2. The number of aliphatic hydroxyl groups is 1. The number of carbonyl (C=O) groups is 1. The Morgan fingerprint density at radius 3 is 2.69 bits per heavy atom. The Kier molecular flexibility index (Phi) is 2.93. The fourth-order valence-corrected chi connectivity index (χ4v) is 1.49. The summed E-state index contributed by atoms with van der Waals surface area (Å²) in [5, 5.41) is 12.7. The molecule has 1 aliphatic rings. The van der Waals surface area contributed by atoms with Crippen LogP contribution < -0.4 is 5.32 Å². The zero-order valence-corrected chi connectivity index (χ0v) is 8.50. The third-order valence-electron chi connectivity index (χ3n) is 2.29. The second kappa shape index (κ2) is 3.64. The van der Waals surface area contributed by atoms with Crippen molar-refractivity contribution in [2.75, 3.05) is 19.6 Å². The molecule has 1 rings (SSSR count). The van der Waals surface area contributed by atoms with Gasteiger partial charge in [-0.2, -0.15) is 0 Å². The van der Waals surface area contributed by atoms with E-state index in [-0.39, 0.29) is 11.9 Å². The van der Waals surface area contributed by atoms with Gasteiger partial charge in [-0.3, -0.25) is 4.79 Å². The molecule has 76 valence electrons. The molecule has 0 saturated carbocycles. The molecule has 1 unspecified atom stereocenters. The Balaban J connectivity index is 2.64.